The summed E-state index contributed by atoms with van der Waals surface area (Å²) in [7, 11) is 0. The highest BCUT2D eigenvalue weighted by molar-refractivity contribution is 6.06. The summed E-state index contributed by atoms with van der Waals surface area (Å²) in [5, 5.41) is 5.56. The normalized spacial score (nSPS) is 13.5. The van der Waals surface area contributed by atoms with Gasteiger partial charge in [-0.25, -0.2) is 0 Å². The average molecular weight is 387 g/mol. The highest BCUT2D eigenvalue weighted by Crippen LogP contribution is 2.26. The molecule has 1 aromatic heterocycles. The molecule has 0 saturated heterocycles. The quantitative estimate of drug-likeness (QED) is 0.719. The Labute approximate surface area is 168 Å². The fourth-order valence-corrected chi connectivity index (χ4v) is 3.61. The number of carbonyl (C=O) groups excluding carboxylic acids is 2. The zero-order valence-corrected chi connectivity index (χ0v) is 16.2. The van der Waals surface area contributed by atoms with E-state index in [1.807, 2.05) is 37.3 Å². The van der Waals surface area contributed by atoms with Gasteiger partial charge in [0.1, 0.15) is 5.56 Å². The third-order valence-corrected chi connectivity index (χ3v) is 5.24. The molecule has 1 aliphatic rings. The molecule has 3 aromatic rings. The summed E-state index contributed by atoms with van der Waals surface area (Å²) in [5.74, 6) is -0.528. The number of aryl methyl sites for hydroxylation is 1. The van der Waals surface area contributed by atoms with Gasteiger partial charge in [0, 0.05) is 17.6 Å². The van der Waals surface area contributed by atoms with Gasteiger partial charge in [-0.05, 0) is 54.8 Å². The number of carbonyl (C=O) groups is 2. The number of hydrogen-bond acceptors (Lipinski definition) is 3. The van der Waals surface area contributed by atoms with Crippen molar-refractivity contribution in [3.05, 3.63) is 93.4 Å². The van der Waals surface area contributed by atoms with Crippen molar-refractivity contribution in [3.63, 3.8) is 0 Å². The first kappa shape index (κ1) is 18.7. The summed E-state index contributed by atoms with van der Waals surface area (Å²) in [4.78, 5) is 37.6. The zero-order valence-electron chi connectivity index (χ0n) is 16.2. The number of benzene rings is 2. The lowest BCUT2D eigenvalue weighted by molar-refractivity contribution is -0.115. The van der Waals surface area contributed by atoms with Crippen LogP contribution in [0.1, 0.15) is 40.0 Å². The summed E-state index contributed by atoms with van der Waals surface area (Å²) >= 11 is 0. The molecule has 2 N–H and O–H groups in total. The predicted molar refractivity (Wildman–Crippen MR) is 112 cm³/mol. The lowest BCUT2D eigenvalue weighted by Crippen LogP contribution is -2.32. The number of fused-ring (bicyclic) bond motifs is 1. The van der Waals surface area contributed by atoms with Crippen molar-refractivity contribution in [1.29, 1.82) is 0 Å². The molecule has 6 nitrogen and oxygen atoms in total. The van der Waals surface area contributed by atoms with Crippen molar-refractivity contribution in [2.45, 2.75) is 26.3 Å². The summed E-state index contributed by atoms with van der Waals surface area (Å²) in [6, 6.07) is 16.5. The SMILES string of the molecule is Cc1ccn(C(C)c2ccccc2)c(=O)c1C(=O)Nc1ccc2c(c1)CC(=O)N2. The van der Waals surface area contributed by atoms with Crippen molar-refractivity contribution in [1.82, 2.24) is 4.57 Å². The van der Waals surface area contributed by atoms with Gasteiger partial charge in [0.05, 0.1) is 12.5 Å². The number of aromatic nitrogens is 1. The van der Waals surface area contributed by atoms with Crippen LogP contribution in [0.2, 0.25) is 0 Å². The number of anilines is 2. The second-order valence-corrected chi connectivity index (χ2v) is 7.22. The van der Waals surface area contributed by atoms with Crippen LogP contribution in [0.15, 0.2) is 65.6 Å². The highest BCUT2D eigenvalue weighted by atomic mass is 16.2. The van der Waals surface area contributed by atoms with Crippen LogP contribution in [-0.2, 0) is 11.2 Å². The zero-order chi connectivity index (χ0) is 20.5. The summed E-state index contributed by atoms with van der Waals surface area (Å²) in [6.45, 7) is 3.68. The molecule has 0 spiro atoms. The van der Waals surface area contributed by atoms with Crippen molar-refractivity contribution in [2.75, 3.05) is 10.6 Å². The minimum absolute atomic E-state index is 0.0693. The Balaban J connectivity index is 1.65. The minimum atomic E-state index is -0.459. The van der Waals surface area contributed by atoms with Gasteiger partial charge in [0.15, 0.2) is 0 Å². The van der Waals surface area contributed by atoms with Gasteiger partial charge in [0.2, 0.25) is 5.91 Å². The fourth-order valence-electron chi connectivity index (χ4n) is 3.61. The van der Waals surface area contributed by atoms with Crippen molar-refractivity contribution in [3.8, 4) is 0 Å². The molecule has 1 atom stereocenters. The lowest BCUT2D eigenvalue weighted by Gasteiger charge is -2.18. The van der Waals surface area contributed by atoms with Gasteiger partial charge < -0.3 is 15.2 Å². The van der Waals surface area contributed by atoms with Crippen LogP contribution >= 0.6 is 0 Å². The largest absolute Gasteiger partial charge is 0.326 e. The molecule has 0 bridgehead atoms. The summed E-state index contributed by atoms with van der Waals surface area (Å²) in [5.41, 5.74) is 3.51. The van der Waals surface area contributed by atoms with E-state index < -0.39 is 5.91 Å². The molecular weight excluding hydrogens is 366 g/mol. The van der Waals surface area contributed by atoms with E-state index >= 15 is 0 Å². The number of nitrogens with one attached hydrogen (secondary N) is 2. The van der Waals surface area contributed by atoms with Gasteiger partial charge in [-0.2, -0.15) is 0 Å². The van der Waals surface area contributed by atoms with Crippen LogP contribution < -0.4 is 16.2 Å². The van der Waals surface area contributed by atoms with Crippen LogP contribution in [0.5, 0.6) is 0 Å². The Morgan fingerprint density at radius 3 is 2.62 bits per heavy atom. The summed E-state index contributed by atoms with van der Waals surface area (Å²) < 4.78 is 1.57. The standard InChI is InChI=1S/C23H21N3O3/c1-14-10-11-26(15(2)16-6-4-3-5-7-16)23(29)21(14)22(28)24-18-8-9-19-17(12-18)13-20(27)25-19/h3-12,15H,13H2,1-2H3,(H,24,28)(H,25,27). The molecule has 0 radical (unpaired) electrons. The van der Waals surface area contributed by atoms with Crippen LogP contribution in [0.4, 0.5) is 11.4 Å². The molecule has 0 fully saturated rings. The third-order valence-electron chi connectivity index (χ3n) is 5.24. The number of hydrogen-bond donors (Lipinski definition) is 2. The molecule has 6 heteroatoms. The first-order chi connectivity index (χ1) is 13.9. The van der Waals surface area contributed by atoms with E-state index in [1.54, 1.807) is 42.0 Å². The number of amides is 2. The Morgan fingerprint density at radius 1 is 1.10 bits per heavy atom. The number of pyridine rings is 1. The lowest BCUT2D eigenvalue weighted by atomic mass is 10.1. The Morgan fingerprint density at radius 2 is 1.86 bits per heavy atom. The maximum atomic E-state index is 13.1. The Kier molecular flexibility index (Phi) is 4.76. The van der Waals surface area contributed by atoms with Gasteiger partial charge in [0.25, 0.3) is 11.5 Å². The molecule has 146 valence electrons. The number of nitrogens with zero attached hydrogens (tertiary/aromatic N) is 1. The van der Waals surface area contributed by atoms with Gasteiger partial charge in [-0.3, -0.25) is 14.4 Å². The molecule has 0 saturated carbocycles. The van der Waals surface area contributed by atoms with E-state index in [9.17, 15) is 14.4 Å². The fraction of sp³-hybridized carbons (Fsp3) is 0.174. The van der Waals surface area contributed by atoms with E-state index in [2.05, 4.69) is 10.6 Å². The van der Waals surface area contributed by atoms with E-state index in [-0.39, 0.29) is 29.5 Å². The smallest absolute Gasteiger partial charge is 0.264 e. The molecule has 2 heterocycles. The molecule has 2 aromatic carbocycles. The van der Waals surface area contributed by atoms with E-state index in [1.165, 1.54) is 0 Å². The summed E-state index contributed by atoms with van der Waals surface area (Å²) in [6.07, 6.45) is 2.00. The van der Waals surface area contributed by atoms with Gasteiger partial charge in [-0.15, -0.1) is 0 Å². The monoisotopic (exact) mass is 387 g/mol. The third kappa shape index (κ3) is 3.57. The molecule has 1 unspecified atom stereocenters. The van der Waals surface area contributed by atoms with Gasteiger partial charge >= 0.3 is 0 Å². The van der Waals surface area contributed by atoms with Crippen LogP contribution in [0.3, 0.4) is 0 Å². The molecule has 4 rings (SSSR count). The minimum Gasteiger partial charge on any atom is -0.326 e. The van der Waals surface area contributed by atoms with Gasteiger partial charge in [-0.1, -0.05) is 30.3 Å². The first-order valence-electron chi connectivity index (χ1n) is 9.45. The first-order valence-corrected chi connectivity index (χ1v) is 9.45. The Bertz CT molecular complexity index is 1170. The van der Waals surface area contributed by atoms with Crippen molar-refractivity contribution < 1.29 is 9.59 Å². The van der Waals surface area contributed by atoms with Crippen LogP contribution in [0.25, 0.3) is 0 Å². The van der Waals surface area contributed by atoms with Crippen molar-refractivity contribution >= 4 is 23.2 Å². The second kappa shape index (κ2) is 7.39. The van der Waals surface area contributed by atoms with E-state index in [4.69, 9.17) is 0 Å². The average Bonchev–Trinajstić information content (AvgIpc) is 3.07. The van der Waals surface area contributed by atoms with Crippen LogP contribution in [0, 0.1) is 6.92 Å². The Hall–Kier alpha value is -3.67. The van der Waals surface area contributed by atoms with Crippen molar-refractivity contribution in [2.24, 2.45) is 0 Å². The molecule has 1 aliphatic heterocycles. The molecule has 2 amide bonds. The topological polar surface area (TPSA) is 80.2 Å². The highest BCUT2D eigenvalue weighted by Gasteiger charge is 2.21. The number of rotatable bonds is 4. The van der Waals surface area contributed by atoms with E-state index in [0.717, 1.165) is 16.8 Å². The van der Waals surface area contributed by atoms with Crippen LogP contribution in [-0.4, -0.2) is 16.4 Å². The second-order valence-electron chi connectivity index (χ2n) is 7.22. The van der Waals surface area contributed by atoms with E-state index in [0.29, 0.717) is 11.3 Å². The maximum absolute atomic E-state index is 13.1. The molecule has 29 heavy (non-hydrogen) atoms. The predicted octanol–water partition coefficient (Wildman–Crippen LogP) is 3.51. The molecule has 0 aliphatic carbocycles. The molecular formula is C23H21N3O3. The maximum Gasteiger partial charge on any atom is 0.264 e.